The van der Waals surface area contributed by atoms with Gasteiger partial charge in [-0.25, -0.2) is 9.78 Å². The van der Waals surface area contributed by atoms with Gasteiger partial charge in [-0.2, -0.15) is 0 Å². The summed E-state index contributed by atoms with van der Waals surface area (Å²) in [4.78, 5) is 27.3. The summed E-state index contributed by atoms with van der Waals surface area (Å²) in [5.41, 5.74) is 6.40. The van der Waals surface area contributed by atoms with Crippen molar-refractivity contribution in [3.63, 3.8) is 0 Å². The molecule has 1 aromatic heterocycles. The Morgan fingerprint density at radius 1 is 1.09 bits per heavy atom. The van der Waals surface area contributed by atoms with Crippen molar-refractivity contribution in [1.82, 2.24) is 4.98 Å². The molecule has 3 rings (SSSR count). The number of nitrogens with zero attached hydrogens (tertiary/aromatic N) is 1. The van der Waals surface area contributed by atoms with E-state index in [1.165, 1.54) is 24.5 Å². The van der Waals surface area contributed by atoms with Gasteiger partial charge in [-0.1, -0.05) is 17.7 Å². The zero-order valence-electron chi connectivity index (χ0n) is 17.7. The first-order valence-corrected chi connectivity index (χ1v) is 10.9. The van der Waals surface area contributed by atoms with E-state index in [4.69, 9.17) is 36.3 Å². The number of amides is 1. The maximum absolute atomic E-state index is 12.1. The Bertz CT molecular complexity index is 1130. The topological polar surface area (TPSA) is 110 Å². The summed E-state index contributed by atoms with van der Waals surface area (Å²) in [5.74, 6) is 0.356. The van der Waals surface area contributed by atoms with Crippen LogP contribution in [0.1, 0.15) is 16.3 Å². The zero-order valence-corrected chi connectivity index (χ0v) is 19.2. The van der Waals surface area contributed by atoms with Crippen molar-refractivity contribution in [1.29, 1.82) is 0 Å². The minimum absolute atomic E-state index is 0.0455. The highest BCUT2D eigenvalue weighted by Crippen LogP contribution is 2.28. The molecule has 0 aliphatic rings. The minimum Gasteiger partial charge on any atom is -0.493 e. The van der Waals surface area contributed by atoms with E-state index in [0.29, 0.717) is 40.1 Å². The van der Waals surface area contributed by atoms with E-state index in [2.05, 4.69) is 4.98 Å². The molecule has 1 heterocycles. The Labute approximate surface area is 199 Å². The number of hydrogen-bond acceptors (Lipinski definition) is 8. The van der Waals surface area contributed by atoms with Crippen LogP contribution in [-0.2, 0) is 27.5 Å². The fourth-order valence-corrected chi connectivity index (χ4v) is 3.39. The molecule has 0 saturated carbocycles. The fourth-order valence-electron chi connectivity index (χ4n) is 2.57. The Hall–Kier alpha value is -3.56. The SMILES string of the molecule is COc1cc(/C=C/C(=O)OCc2csc(COc3ccc(Cl)cc3)n2)ccc1OCC(N)=O. The van der Waals surface area contributed by atoms with E-state index >= 15 is 0 Å². The molecule has 172 valence electrons. The number of nitrogens with two attached hydrogens (primary N) is 1. The third kappa shape index (κ3) is 7.81. The van der Waals surface area contributed by atoms with Crippen molar-refractivity contribution in [2.45, 2.75) is 13.2 Å². The molecule has 33 heavy (non-hydrogen) atoms. The summed E-state index contributed by atoms with van der Waals surface area (Å²) in [6.07, 6.45) is 2.88. The standard InChI is InChI=1S/C23H21ClN2O6S/c1-29-20-10-15(2-8-19(20)31-12-21(25)27)3-9-23(28)32-11-17-14-33-22(26-17)13-30-18-6-4-16(24)5-7-18/h2-10,14H,11-13H2,1H3,(H2,25,27)/b9-3+. The Morgan fingerprint density at radius 2 is 1.88 bits per heavy atom. The third-order valence-electron chi connectivity index (χ3n) is 4.11. The van der Waals surface area contributed by atoms with Crippen LogP contribution in [-0.4, -0.2) is 30.6 Å². The lowest BCUT2D eigenvalue weighted by molar-refractivity contribution is -0.139. The molecule has 2 N–H and O–H groups in total. The molecule has 0 aliphatic heterocycles. The van der Waals surface area contributed by atoms with Gasteiger partial charge in [-0.15, -0.1) is 11.3 Å². The quantitative estimate of drug-likeness (QED) is 0.321. The van der Waals surface area contributed by atoms with Gasteiger partial charge in [0.2, 0.25) is 0 Å². The van der Waals surface area contributed by atoms with Gasteiger partial charge in [0.25, 0.3) is 5.91 Å². The highest BCUT2D eigenvalue weighted by Gasteiger charge is 2.08. The molecule has 1 amide bonds. The first-order chi connectivity index (χ1) is 15.9. The second-order valence-corrected chi connectivity index (χ2v) is 7.96. The monoisotopic (exact) mass is 488 g/mol. The van der Waals surface area contributed by atoms with E-state index in [0.717, 1.165) is 5.01 Å². The molecule has 0 unspecified atom stereocenters. The molecule has 0 atom stereocenters. The summed E-state index contributed by atoms with van der Waals surface area (Å²) in [6.45, 7) is 0.0917. The maximum Gasteiger partial charge on any atom is 0.331 e. The number of thiazole rings is 1. The number of esters is 1. The average molecular weight is 489 g/mol. The number of halogens is 1. The number of rotatable bonds is 11. The lowest BCUT2D eigenvalue weighted by atomic mass is 10.2. The van der Waals surface area contributed by atoms with Crippen molar-refractivity contribution in [2.75, 3.05) is 13.7 Å². The van der Waals surface area contributed by atoms with Gasteiger partial charge in [0.1, 0.15) is 24.0 Å². The summed E-state index contributed by atoms with van der Waals surface area (Å²) < 4.78 is 21.4. The van der Waals surface area contributed by atoms with Crippen LogP contribution in [0.2, 0.25) is 5.02 Å². The van der Waals surface area contributed by atoms with Crippen LogP contribution in [0.15, 0.2) is 53.9 Å². The van der Waals surface area contributed by atoms with Crippen molar-refractivity contribution in [2.24, 2.45) is 5.73 Å². The Kier molecular flexibility index (Phi) is 8.68. The number of benzene rings is 2. The van der Waals surface area contributed by atoms with Gasteiger partial charge in [-0.3, -0.25) is 4.79 Å². The largest absolute Gasteiger partial charge is 0.493 e. The van der Waals surface area contributed by atoms with E-state index < -0.39 is 11.9 Å². The van der Waals surface area contributed by atoms with E-state index in [1.807, 2.05) is 5.38 Å². The molecular weight excluding hydrogens is 468 g/mol. The number of aromatic nitrogens is 1. The molecule has 0 saturated heterocycles. The average Bonchev–Trinajstić information content (AvgIpc) is 3.27. The molecule has 8 nitrogen and oxygen atoms in total. The number of primary amides is 1. The lowest BCUT2D eigenvalue weighted by Gasteiger charge is -2.09. The second-order valence-electron chi connectivity index (χ2n) is 6.58. The number of ether oxygens (including phenoxy) is 4. The molecule has 2 aromatic carbocycles. The van der Waals surface area contributed by atoms with Crippen molar-refractivity contribution in [3.8, 4) is 17.2 Å². The highest BCUT2D eigenvalue weighted by molar-refractivity contribution is 7.09. The van der Waals surface area contributed by atoms with E-state index in [-0.39, 0.29) is 13.2 Å². The summed E-state index contributed by atoms with van der Waals surface area (Å²) in [5, 5.41) is 3.21. The zero-order chi connectivity index (χ0) is 23.6. The minimum atomic E-state index is -0.593. The molecule has 0 radical (unpaired) electrons. The van der Waals surface area contributed by atoms with Gasteiger partial charge in [-0.05, 0) is 48.0 Å². The van der Waals surface area contributed by atoms with Crippen LogP contribution in [0, 0.1) is 0 Å². The van der Waals surface area contributed by atoms with Crippen molar-refractivity contribution in [3.05, 3.63) is 75.2 Å². The van der Waals surface area contributed by atoms with Crippen LogP contribution < -0.4 is 19.9 Å². The summed E-state index contributed by atoms with van der Waals surface area (Å²) >= 11 is 7.27. The van der Waals surface area contributed by atoms with Crippen LogP contribution in [0.4, 0.5) is 0 Å². The first kappa shape index (κ1) is 24.1. The molecule has 0 fully saturated rings. The van der Waals surface area contributed by atoms with Gasteiger partial charge < -0.3 is 24.7 Å². The lowest BCUT2D eigenvalue weighted by Crippen LogP contribution is -2.20. The maximum atomic E-state index is 12.1. The third-order valence-corrected chi connectivity index (χ3v) is 5.23. The molecule has 0 bridgehead atoms. The van der Waals surface area contributed by atoms with Crippen LogP contribution in [0.5, 0.6) is 17.2 Å². The van der Waals surface area contributed by atoms with Crippen molar-refractivity contribution < 1.29 is 28.5 Å². The number of carbonyl (C=O) groups is 2. The van der Waals surface area contributed by atoms with Gasteiger partial charge in [0, 0.05) is 16.5 Å². The predicted octanol–water partition coefficient (Wildman–Crippen LogP) is 4.00. The molecular formula is C23H21ClN2O6S. The number of carbonyl (C=O) groups excluding carboxylic acids is 2. The van der Waals surface area contributed by atoms with Gasteiger partial charge >= 0.3 is 5.97 Å². The summed E-state index contributed by atoms with van der Waals surface area (Å²) in [7, 11) is 1.47. The Balaban J connectivity index is 1.48. The first-order valence-electron chi connectivity index (χ1n) is 9.68. The van der Waals surface area contributed by atoms with E-state index in [9.17, 15) is 9.59 Å². The molecule has 10 heteroatoms. The second kappa shape index (κ2) is 11.9. The fraction of sp³-hybridized carbons (Fsp3) is 0.174. The smallest absolute Gasteiger partial charge is 0.331 e. The van der Waals surface area contributed by atoms with Gasteiger partial charge in [0.15, 0.2) is 18.1 Å². The van der Waals surface area contributed by atoms with Crippen LogP contribution in [0.3, 0.4) is 0 Å². The van der Waals surface area contributed by atoms with Crippen LogP contribution >= 0.6 is 22.9 Å². The molecule has 3 aromatic rings. The summed E-state index contributed by atoms with van der Waals surface area (Å²) in [6, 6.07) is 12.0. The number of methoxy groups -OCH3 is 1. The van der Waals surface area contributed by atoms with Crippen molar-refractivity contribution >= 4 is 40.9 Å². The molecule has 0 spiro atoms. The predicted molar refractivity (Wildman–Crippen MR) is 124 cm³/mol. The Morgan fingerprint density at radius 3 is 2.61 bits per heavy atom. The number of hydrogen-bond donors (Lipinski definition) is 1. The van der Waals surface area contributed by atoms with Crippen LogP contribution in [0.25, 0.3) is 6.08 Å². The van der Waals surface area contributed by atoms with Gasteiger partial charge in [0.05, 0.1) is 12.8 Å². The normalized spacial score (nSPS) is 10.7. The molecule has 0 aliphatic carbocycles. The highest BCUT2D eigenvalue weighted by atomic mass is 35.5. The van der Waals surface area contributed by atoms with E-state index in [1.54, 1.807) is 48.5 Å².